The molecule has 0 fully saturated rings. The van der Waals surface area contributed by atoms with Crippen molar-refractivity contribution in [3.8, 4) is 17.2 Å². The average Bonchev–Trinajstić information content (AvgIpc) is 2.86. The Morgan fingerprint density at radius 2 is 2.16 bits per heavy atom. The second kappa shape index (κ2) is 5.84. The third-order valence-corrected chi connectivity index (χ3v) is 2.79. The normalized spacial score (nSPS) is 11.0. The standard InChI is InChI=1S/C14H19N3O2/c1-9(2)15-8-13-16-14(19-17-13)11-6-5-10(3)12(7-11)18-4/h5-7,9,15H,8H2,1-4H3. The van der Waals surface area contributed by atoms with Crippen molar-refractivity contribution in [2.75, 3.05) is 7.11 Å². The maximum Gasteiger partial charge on any atom is 0.258 e. The molecule has 1 aromatic carbocycles. The molecule has 19 heavy (non-hydrogen) atoms. The molecule has 102 valence electrons. The molecule has 0 atom stereocenters. The van der Waals surface area contributed by atoms with Crippen LogP contribution in [-0.4, -0.2) is 23.3 Å². The van der Waals surface area contributed by atoms with Crippen molar-refractivity contribution in [3.05, 3.63) is 29.6 Å². The Bertz CT molecular complexity index is 549. The molecule has 0 aliphatic carbocycles. The van der Waals surface area contributed by atoms with Crippen molar-refractivity contribution in [1.29, 1.82) is 0 Å². The first-order chi connectivity index (χ1) is 9.10. The Hall–Kier alpha value is -1.88. The third kappa shape index (κ3) is 3.32. The maximum atomic E-state index is 5.29. The van der Waals surface area contributed by atoms with Gasteiger partial charge >= 0.3 is 0 Å². The van der Waals surface area contributed by atoms with Crippen molar-refractivity contribution in [3.63, 3.8) is 0 Å². The summed E-state index contributed by atoms with van der Waals surface area (Å²) in [5, 5.41) is 7.20. The van der Waals surface area contributed by atoms with E-state index in [-0.39, 0.29) is 0 Å². The van der Waals surface area contributed by atoms with Gasteiger partial charge in [-0.3, -0.25) is 0 Å². The molecule has 0 bridgehead atoms. The Morgan fingerprint density at radius 1 is 1.37 bits per heavy atom. The Morgan fingerprint density at radius 3 is 2.84 bits per heavy atom. The summed E-state index contributed by atoms with van der Waals surface area (Å²) in [7, 11) is 1.65. The number of hydrogen-bond acceptors (Lipinski definition) is 5. The summed E-state index contributed by atoms with van der Waals surface area (Å²) in [5.74, 6) is 1.99. The number of methoxy groups -OCH3 is 1. The lowest BCUT2D eigenvalue weighted by Gasteiger charge is -2.05. The topological polar surface area (TPSA) is 60.2 Å². The lowest BCUT2D eigenvalue weighted by atomic mass is 10.1. The highest BCUT2D eigenvalue weighted by atomic mass is 16.5. The van der Waals surface area contributed by atoms with E-state index in [2.05, 4.69) is 29.3 Å². The molecular weight excluding hydrogens is 242 g/mol. The van der Waals surface area contributed by atoms with E-state index in [1.807, 2.05) is 25.1 Å². The van der Waals surface area contributed by atoms with E-state index in [0.717, 1.165) is 16.9 Å². The first-order valence-corrected chi connectivity index (χ1v) is 6.31. The second-order valence-corrected chi connectivity index (χ2v) is 4.74. The zero-order chi connectivity index (χ0) is 13.8. The quantitative estimate of drug-likeness (QED) is 0.896. The molecule has 0 radical (unpaired) electrons. The van der Waals surface area contributed by atoms with Crippen LogP contribution in [0.2, 0.25) is 0 Å². The number of rotatable bonds is 5. The number of nitrogens with zero attached hydrogens (tertiary/aromatic N) is 2. The number of aryl methyl sites for hydroxylation is 1. The second-order valence-electron chi connectivity index (χ2n) is 4.74. The molecule has 0 saturated heterocycles. The highest BCUT2D eigenvalue weighted by Crippen LogP contribution is 2.25. The molecule has 0 unspecified atom stereocenters. The monoisotopic (exact) mass is 261 g/mol. The molecule has 0 aliphatic rings. The number of ether oxygens (including phenoxy) is 1. The fourth-order valence-corrected chi connectivity index (χ4v) is 1.69. The highest BCUT2D eigenvalue weighted by molar-refractivity contribution is 5.57. The smallest absolute Gasteiger partial charge is 0.258 e. The van der Waals surface area contributed by atoms with Gasteiger partial charge in [0.05, 0.1) is 13.7 Å². The molecule has 0 saturated carbocycles. The number of aromatic nitrogens is 2. The zero-order valence-electron chi connectivity index (χ0n) is 11.7. The van der Waals surface area contributed by atoms with Gasteiger partial charge in [-0.05, 0) is 24.6 Å². The first kappa shape index (κ1) is 13.5. The van der Waals surface area contributed by atoms with Gasteiger partial charge in [0.2, 0.25) is 0 Å². The number of nitrogens with one attached hydrogen (secondary N) is 1. The summed E-state index contributed by atoms with van der Waals surface area (Å²) in [6, 6.07) is 6.22. The SMILES string of the molecule is COc1cc(-c2nc(CNC(C)C)no2)ccc1C. The van der Waals surface area contributed by atoms with Gasteiger partial charge in [0.25, 0.3) is 5.89 Å². The summed E-state index contributed by atoms with van der Waals surface area (Å²) < 4.78 is 10.6. The maximum absolute atomic E-state index is 5.29. The Balaban J connectivity index is 2.18. The molecule has 5 nitrogen and oxygen atoms in total. The lowest BCUT2D eigenvalue weighted by molar-refractivity contribution is 0.408. The van der Waals surface area contributed by atoms with Crippen molar-refractivity contribution in [1.82, 2.24) is 15.5 Å². The van der Waals surface area contributed by atoms with E-state index in [1.54, 1.807) is 7.11 Å². The fourth-order valence-electron chi connectivity index (χ4n) is 1.69. The minimum absolute atomic E-state index is 0.390. The number of benzene rings is 1. The Kier molecular flexibility index (Phi) is 4.16. The van der Waals surface area contributed by atoms with E-state index in [4.69, 9.17) is 9.26 Å². The molecular formula is C14H19N3O2. The van der Waals surface area contributed by atoms with Gasteiger partial charge in [-0.2, -0.15) is 4.98 Å². The minimum Gasteiger partial charge on any atom is -0.496 e. The van der Waals surface area contributed by atoms with E-state index < -0.39 is 0 Å². The summed E-state index contributed by atoms with van der Waals surface area (Å²) in [6.45, 7) is 6.75. The van der Waals surface area contributed by atoms with E-state index in [9.17, 15) is 0 Å². The van der Waals surface area contributed by atoms with Crippen LogP contribution in [0.4, 0.5) is 0 Å². The van der Waals surface area contributed by atoms with Crippen molar-refractivity contribution >= 4 is 0 Å². The predicted molar refractivity (Wildman–Crippen MR) is 73.0 cm³/mol. The Labute approximate surface area is 113 Å². The highest BCUT2D eigenvalue weighted by Gasteiger charge is 2.10. The summed E-state index contributed by atoms with van der Waals surface area (Å²) in [4.78, 5) is 4.36. The molecule has 1 N–H and O–H groups in total. The molecule has 2 rings (SSSR count). The predicted octanol–water partition coefficient (Wildman–Crippen LogP) is 2.55. The largest absolute Gasteiger partial charge is 0.496 e. The molecule has 0 aliphatic heterocycles. The molecule has 1 aromatic heterocycles. The zero-order valence-corrected chi connectivity index (χ0v) is 11.7. The van der Waals surface area contributed by atoms with Gasteiger partial charge < -0.3 is 14.6 Å². The van der Waals surface area contributed by atoms with Gasteiger partial charge in [0.1, 0.15) is 5.75 Å². The van der Waals surface area contributed by atoms with E-state index >= 15 is 0 Å². The van der Waals surface area contributed by atoms with Crippen LogP contribution in [0.25, 0.3) is 11.5 Å². The first-order valence-electron chi connectivity index (χ1n) is 6.31. The van der Waals surface area contributed by atoms with Gasteiger partial charge in [-0.15, -0.1) is 0 Å². The van der Waals surface area contributed by atoms with Gasteiger partial charge in [-0.25, -0.2) is 0 Å². The minimum atomic E-state index is 0.390. The molecule has 5 heteroatoms. The summed E-state index contributed by atoms with van der Waals surface area (Å²) in [6.07, 6.45) is 0. The van der Waals surface area contributed by atoms with Crippen molar-refractivity contribution < 1.29 is 9.26 Å². The van der Waals surface area contributed by atoms with Gasteiger partial charge in [0, 0.05) is 11.6 Å². The van der Waals surface area contributed by atoms with Crippen LogP contribution in [0.1, 0.15) is 25.2 Å². The molecule has 0 spiro atoms. The van der Waals surface area contributed by atoms with Crippen LogP contribution < -0.4 is 10.1 Å². The van der Waals surface area contributed by atoms with E-state index in [0.29, 0.717) is 24.3 Å². The fraction of sp³-hybridized carbons (Fsp3) is 0.429. The van der Waals surface area contributed by atoms with Crippen LogP contribution in [0.3, 0.4) is 0 Å². The number of hydrogen-bond donors (Lipinski definition) is 1. The van der Waals surface area contributed by atoms with Gasteiger partial charge in [-0.1, -0.05) is 25.1 Å². The summed E-state index contributed by atoms with van der Waals surface area (Å²) >= 11 is 0. The van der Waals surface area contributed by atoms with Crippen molar-refractivity contribution in [2.24, 2.45) is 0 Å². The third-order valence-electron chi connectivity index (χ3n) is 2.79. The molecule has 1 heterocycles. The lowest BCUT2D eigenvalue weighted by Crippen LogP contribution is -2.22. The summed E-state index contributed by atoms with van der Waals surface area (Å²) in [5.41, 5.74) is 1.94. The van der Waals surface area contributed by atoms with E-state index in [1.165, 1.54) is 0 Å². The van der Waals surface area contributed by atoms with Crippen LogP contribution >= 0.6 is 0 Å². The van der Waals surface area contributed by atoms with Crippen molar-refractivity contribution in [2.45, 2.75) is 33.4 Å². The average molecular weight is 261 g/mol. The van der Waals surface area contributed by atoms with Crippen LogP contribution in [-0.2, 0) is 6.54 Å². The molecule has 0 amide bonds. The van der Waals surface area contributed by atoms with Crippen LogP contribution in [0, 0.1) is 6.92 Å². The van der Waals surface area contributed by atoms with Crippen LogP contribution in [0.5, 0.6) is 5.75 Å². The van der Waals surface area contributed by atoms with Gasteiger partial charge in [0.15, 0.2) is 5.82 Å². The molecule has 2 aromatic rings. The van der Waals surface area contributed by atoms with Crippen LogP contribution in [0.15, 0.2) is 22.7 Å².